The van der Waals surface area contributed by atoms with Gasteiger partial charge in [-0.15, -0.1) is 24.8 Å². The number of aromatic nitrogens is 1. The third kappa shape index (κ3) is 5.18. The van der Waals surface area contributed by atoms with Gasteiger partial charge in [-0.25, -0.2) is 0 Å². The van der Waals surface area contributed by atoms with Crippen LogP contribution in [0.4, 0.5) is 0 Å². The first-order chi connectivity index (χ1) is 11.2. The van der Waals surface area contributed by atoms with E-state index in [0.29, 0.717) is 11.6 Å². The van der Waals surface area contributed by atoms with Gasteiger partial charge in [0.2, 0.25) is 0 Å². The highest BCUT2D eigenvalue weighted by atomic mass is 35.5. The third-order valence-corrected chi connectivity index (χ3v) is 4.49. The van der Waals surface area contributed by atoms with Gasteiger partial charge >= 0.3 is 0 Å². The summed E-state index contributed by atoms with van der Waals surface area (Å²) in [7, 11) is 1.96. The molecule has 0 aliphatic carbocycles. The number of aryl methyl sites for hydroxylation is 1. The fraction of sp³-hybridized carbons (Fsp3) is 0.368. The summed E-state index contributed by atoms with van der Waals surface area (Å²) >= 11 is 0. The molecule has 0 radical (unpaired) electrons. The standard InChI is InChI=1S/C19H23N3O.2ClH/c1-14-5-7-15(8-6-14)16-10-17(12-21-11-16)19(23)22-9-3-4-18(13-22)20-2;;/h5-8,10-12,18,20H,3-4,9,13H2,1-2H3;2*1H. The average Bonchev–Trinajstić information content (AvgIpc) is 2.62. The Kier molecular flexibility index (Phi) is 8.36. The summed E-state index contributed by atoms with van der Waals surface area (Å²) in [4.78, 5) is 19.0. The SMILES string of the molecule is CNC1CCCN(C(=O)c2cncc(-c3ccc(C)cc3)c2)C1.Cl.Cl. The van der Waals surface area contributed by atoms with Crippen molar-refractivity contribution < 1.29 is 4.79 Å². The summed E-state index contributed by atoms with van der Waals surface area (Å²) in [6.45, 7) is 3.66. The lowest BCUT2D eigenvalue weighted by molar-refractivity contribution is 0.0698. The molecule has 0 bridgehead atoms. The van der Waals surface area contributed by atoms with Gasteiger partial charge in [0.15, 0.2) is 0 Å². The highest BCUT2D eigenvalue weighted by Gasteiger charge is 2.23. The lowest BCUT2D eigenvalue weighted by Gasteiger charge is -2.32. The first-order valence-corrected chi connectivity index (χ1v) is 8.16. The molecule has 0 spiro atoms. The maximum atomic E-state index is 12.8. The molecule has 1 atom stereocenters. The van der Waals surface area contributed by atoms with Gasteiger partial charge < -0.3 is 10.2 Å². The number of nitrogens with zero attached hydrogens (tertiary/aromatic N) is 2. The van der Waals surface area contributed by atoms with E-state index in [1.807, 2.05) is 24.2 Å². The molecule has 1 saturated heterocycles. The second kappa shape index (κ2) is 9.76. The van der Waals surface area contributed by atoms with Crippen LogP contribution in [0.2, 0.25) is 0 Å². The number of hydrogen-bond acceptors (Lipinski definition) is 3. The van der Waals surface area contributed by atoms with Crippen molar-refractivity contribution in [2.24, 2.45) is 0 Å². The number of nitrogens with one attached hydrogen (secondary N) is 1. The lowest BCUT2D eigenvalue weighted by Crippen LogP contribution is -2.47. The van der Waals surface area contributed by atoms with Crippen LogP contribution in [0.1, 0.15) is 28.8 Å². The van der Waals surface area contributed by atoms with Crippen molar-refractivity contribution in [3.8, 4) is 11.1 Å². The molecule has 2 aromatic rings. The molecule has 1 aromatic carbocycles. The van der Waals surface area contributed by atoms with E-state index in [-0.39, 0.29) is 30.7 Å². The van der Waals surface area contributed by atoms with Gasteiger partial charge in [0.25, 0.3) is 5.91 Å². The molecule has 1 aliphatic heterocycles. The zero-order valence-corrected chi connectivity index (χ0v) is 16.2. The summed E-state index contributed by atoms with van der Waals surface area (Å²) in [5, 5.41) is 3.27. The van der Waals surface area contributed by atoms with Crippen LogP contribution in [-0.2, 0) is 0 Å². The molecule has 1 fully saturated rings. The molecule has 3 rings (SSSR count). The van der Waals surface area contributed by atoms with E-state index in [4.69, 9.17) is 0 Å². The van der Waals surface area contributed by atoms with Crippen LogP contribution in [0.5, 0.6) is 0 Å². The first-order valence-electron chi connectivity index (χ1n) is 8.16. The van der Waals surface area contributed by atoms with Gasteiger partial charge in [-0.1, -0.05) is 29.8 Å². The number of carbonyl (C=O) groups excluding carboxylic acids is 1. The van der Waals surface area contributed by atoms with Crippen LogP contribution >= 0.6 is 24.8 Å². The molecule has 1 amide bonds. The predicted molar refractivity (Wildman–Crippen MR) is 107 cm³/mol. The summed E-state index contributed by atoms with van der Waals surface area (Å²) in [5.41, 5.74) is 3.96. The fourth-order valence-corrected chi connectivity index (χ4v) is 3.04. The molecule has 1 unspecified atom stereocenters. The molecule has 25 heavy (non-hydrogen) atoms. The van der Waals surface area contributed by atoms with Gasteiger partial charge in [0, 0.05) is 37.1 Å². The molecule has 1 aliphatic rings. The number of halogens is 2. The van der Waals surface area contributed by atoms with Crippen LogP contribution in [-0.4, -0.2) is 42.0 Å². The topological polar surface area (TPSA) is 45.2 Å². The molecule has 136 valence electrons. The highest BCUT2D eigenvalue weighted by Crippen LogP contribution is 2.21. The molecule has 4 nitrogen and oxygen atoms in total. The lowest BCUT2D eigenvalue weighted by atomic mass is 10.0. The van der Waals surface area contributed by atoms with Gasteiger partial charge in [-0.3, -0.25) is 9.78 Å². The average molecular weight is 382 g/mol. The van der Waals surface area contributed by atoms with Crippen LogP contribution in [0.15, 0.2) is 42.7 Å². The Morgan fingerprint density at radius 3 is 2.56 bits per heavy atom. The number of rotatable bonds is 3. The summed E-state index contributed by atoms with van der Waals surface area (Å²) in [5.74, 6) is 0.0754. The molecule has 0 saturated carbocycles. The monoisotopic (exact) mass is 381 g/mol. The fourth-order valence-electron chi connectivity index (χ4n) is 3.04. The molecule has 6 heteroatoms. The minimum absolute atomic E-state index is 0. The van der Waals surface area contributed by atoms with Gasteiger partial charge in [-0.2, -0.15) is 0 Å². The van der Waals surface area contributed by atoms with E-state index in [9.17, 15) is 4.79 Å². The van der Waals surface area contributed by atoms with Gasteiger partial charge in [0.05, 0.1) is 5.56 Å². The van der Waals surface area contributed by atoms with Crippen molar-refractivity contribution in [2.75, 3.05) is 20.1 Å². The zero-order chi connectivity index (χ0) is 16.2. The van der Waals surface area contributed by atoms with Crippen molar-refractivity contribution in [2.45, 2.75) is 25.8 Å². The van der Waals surface area contributed by atoms with Crippen molar-refractivity contribution in [1.82, 2.24) is 15.2 Å². The van der Waals surface area contributed by atoms with Crippen molar-refractivity contribution in [3.63, 3.8) is 0 Å². The quantitative estimate of drug-likeness (QED) is 0.880. The molecular formula is C19H25Cl2N3O. The van der Waals surface area contributed by atoms with Crippen LogP contribution in [0, 0.1) is 6.92 Å². The predicted octanol–water partition coefficient (Wildman–Crippen LogP) is 3.72. The largest absolute Gasteiger partial charge is 0.337 e. The second-order valence-electron chi connectivity index (χ2n) is 6.21. The van der Waals surface area contributed by atoms with Crippen molar-refractivity contribution >= 4 is 30.7 Å². The molecule has 1 aromatic heterocycles. The molecule has 2 heterocycles. The van der Waals surface area contributed by atoms with E-state index < -0.39 is 0 Å². The second-order valence-corrected chi connectivity index (χ2v) is 6.21. The Hall–Kier alpha value is -1.62. The van der Waals surface area contributed by atoms with Crippen LogP contribution in [0.3, 0.4) is 0 Å². The number of likely N-dealkylation sites (N-methyl/N-ethyl adjacent to an activating group) is 1. The Morgan fingerprint density at radius 2 is 1.88 bits per heavy atom. The highest BCUT2D eigenvalue weighted by molar-refractivity contribution is 5.95. The summed E-state index contributed by atoms with van der Waals surface area (Å²) < 4.78 is 0. The number of amides is 1. The van der Waals surface area contributed by atoms with Gasteiger partial charge in [0.1, 0.15) is 0 Å². The summed E-state index contributed by atoms with van der Waals surface area (Å²) in [6, 6.07) is 10.6. The summed E-state index contributed by atoms with van der Waals surface area (Å²) in [6.07, 6.45) is 5.65. The normalized spacial score (nSPS) is 16.6. The molecular weight excluding hydrogens is 357 g/mol. The van der Waals surface area contributed by atoms with Crippen molar-refractivity contribution in [3.05, 3.63) is 53.9 Å². The Morgan fingerprint density at radius 1 is 1.16 bits per heavy atom. The van der Waals surface area contributed by atoms with Crippen molar-refractivity contribution in [1.29, 1.82) is 0 Å². The Bertz CT molecular complexity index is 691. The number of piperidine rings is 1. The number of carbonyl (C=O) groups is 1. The molecule has 1 N–H and O–H groups in total. The Balaban J connectivity index is 0.00000156. The van der Waals surface area contributed by atoms with Crippen LogP contribution < -0.4 is 5.32 Å². The minimum atomic E-state index is 0. The van der Waals surface area contributed by atoms with E-state index >= 15 is 0 Å². The van der Waals surface area contributed by atoms with E-state index in [1.165, 1.54) is 5.56 Å². The maximum Gasteiger partial charge on any atom is 0.255 e. The minimum Gasteiger partial charge on any atom is -0.337 e. The van der Waals surface area contributed by atoms with E-state index in [0.717, 1.165) is 37.1 Å². The van der Waals surface area contributed by atoms with Gasteiger partial charge in [-0.05, 0) is 38.4 Å². The first kappa shape index (κ1) is 21.4. The van der Waals surface area contributed by atoms with Crippen LogP contribution in [0.25, 0.3) is 11.1 Å². The van der Waals surface area contributed by atoms with E-state index in [2.05, 4.69) is 41.5 Å². The zero-order valence-electron chi connectivity index (χ0n) is 14.6. The number of hydrogen-bond donors (Lipinski definition) is 1. The third-order valence-electron chi connectivity index (χ3n) is 4.49. The number of likely N-dealkylation sites (tertiary alicyclic amines) is 1. The number of pyridine rings is 1. The van der Waals surface area contributed by atoms with E-state index in [1.54, 1.807) is 6.20 Å². The smallest absolute Gasteiger partial charge is 0.255 e. The number of benzene rings is 1. The Labute approximate surface area is 161 Å². The maximum absolute atomic E-state index is 12.8.